The van der Waals surface area contributed by atoms with Crippen molar-refractivity contribution in [1.82, 2.24) is 24.1 Å². The van der Waals surface area contributed by atoms with Gasteiger partial charge in [0.15, 0.2) is 17.5 Å². The highest BCUT2D eigenvalue weighted by molar-refractivity contribution is 6.12. The minimum absolute atomic E-state index is 0.00981. The summed E-state index contributed by atoms with van der Waals surface area (Å²) in [7, 11) is 0. The first-order valence-electron chi connectivity index (χ1n) is 24.2. The molecule has 6 nitrogen and oxygen atoms in total. The highest BCUT2D eigenvalue weighted by Gasteiger charge is 2.36. The summed E-state index contributed by atoms with van der Waals surface area (Å²) in [4.78, 5) is 14.8. The van der Waals surface area contributed by atoms with Crippen molar-refractivity contribution >= 4 is 43.6 Å². The first kappa shape index (κ1) is 51.0. The Kier molecular flexibility index (Phi) is 11.9. The molecule has 0 saturated heterocycles. The van der Waals surface area contributed by atoms with E-state index in [2.05, 4.69) is 6.07 Å². The number of fused-ring (bicyclic) bond motifs is 6. The molecule has 0 aliphatic heterocycles. The lowest BCUT2D eigenvalue weighted by Gasteiger charge is -2.19. The normalized spacial score (nSPS) is 12.5. The SMILES string of the molecule is N#Cc1ccc(-c2ccc(-n3c4ccc(C(F)(F)F)cc4c4cc(C(F)(F)F)ccc43)c(-c3ccc(-n4c5ccc(C(F)(F)F)cc5c5cc(C(F)(F)F)ccc54)c(-c4nc(-c5ccccc5)nc(-c5ccccc5)n4)c3)c2)cc1. The molecule has 0 amide bonds. The number of aromatic nitrogens is 5. The fraction of sp³-hybridized carbons (Fsp3) is 0.0645. The van der Waals surface area contributed by atoms with Crippen LogP contribution in [0.4, 0.5) is 52.7 Å². The van der Waals surface area contributed by atoms with Gasteiger partial charge in [-0.2, -0.15) is 57.9 Å². The summed E-state index contributed by atoms with van der Waals surface area (Å²) in [6.45, 7) is 0. The van der Waals surface area contributed by atoms with Crippen LogP contribution in [0.15, 0.2) is 194 Å². The molecule has 9 aromatic carbocycles. The number of benzene rings is 9. The average Bonchev–Trinajstić information content (AvgIpc) is 3.99. The standard InChI is InChI=1S/C62H32F12N6/c63-59(64,65)40-17-23-51-45(29-40)46-30-41(60(66,67)68)18-24-52(46)79(51)50-21-15-38(35-13-11-34(33-75)12-14-35)27-44(50)39-16-22-55(49(28-39)58-77-56(36-7-3-1-4-8-36)76-57(78-58)37-9-5-2-6-10-37)80-53-25-19-42(61(69,70)71)31-47(53)48-32-43(62(72,73)74)20-26-54(48)80/h1-32H. The number of hydrogen-bond acceptors (Lipinski definition) is 4. The number of nitriles is 1. The van der Waals surface area contributed by atoms with Gasteiger partial charge in [-0.25, -0.2) is 15.0 Å². The molecule has 0 spiro atoms. The maximum atomic E-state index is 14.5. The number of halogens is 12. The smallest absolute Gasteiger partial charge is 0.309 e. The van der Waals surface area contributed by atoms with E-state index in [0.29, 0.717) is 38.9 Å². The molecular weight excluding hydrogens is 1060 g/mol. The molecule has 0 aliphatic carbocycles. The molecule has 18 heteroatoms. The third kappa shape index (κ3) is 9.09. The molecule has 0 fully saturated rings. The molecule has 0 radical (unpaired) electrons. The zero-order valence-electron chi connectivity index (χ0n) is 40.7. The van der Waals surface area contributed by atoms with E-state index in [4.69, 9.17) is 15.0 Å². The van der Waals surface area contributed by atoms with Crippen LogP contribution in [0.25, 0.3) is 111 Å². The van der Waals surface area contributed by atoms with Crippen LogP contribution in [0.5, 0.6) is 0 Å². The molecule has 0 unspecified atom stereocenters. The Morgan fingerprint density at radius 1 is 0.312 bits per heavy atom. The van der Waals surface area contributed by atoms with Gasteiger partial charge >= 0.3 is 24.7 Å². The van der Waals surface area contributed by atoms with E-state index in [1.54, 1.807) is 126 Å². The first-order chi connectivity index (χ1) is 38.1. The van der Waals surface area contributed by atoms with E-state index in [1.165, 1.54) is 16.7 Å². The van der Waals surface area contributed by atoms with Crippen LogP contribution in [-0.2, 0) is 24.7 Å². The van der Waals surface area contributed by atoms with Crippen LogP contribution in [0.2, 0.25) is 0 Å². The van der Waals surface area contributed by atoms with E-state index < -0.39 is 47.0 Å². The maximum absolute atomic E-state index is 14.5. The van der Waals surface area contributed by atoms with E-state index >= 15 is 0 Å². The van der Waals surface area contributed by atoms with Crippen molar-refractivity contribution in [2.45, 2.75) is 24.7 Å². The van der Waals surface area contributed by atoms with Gasteiger partial charge in [0.05, 0.1) is 67.3 Å². The van der Waals surface area contributed by atoms with Crippen molar-refractivity contribution in [2.75, 3.05) is 0 Å². The predicted molar refractivity (Wildman–Crippen MR) is 280 cm³/mol. The van der Waals surface area contributed by atoms with Crippen molar-refractivity contribution in [3.8, 4) is 73.9 Å². The molecule has 0 N–H and O–H groups in total. The topological polar surface area (TPSA) is 72.3 Å². The Bertz CT molecular complexity index is 4270. The molecule has 0 atom stereocenters. The second-order valence-electron chi connectivity index (χ2n) is 18.8. The van der Waals surface area contributed by atoms with Crippen molar-refractivity contribution < 1.29 is 52.7 Å². The van der Waals surface area contributed by atoms with Crippen molar-refractivity contribution in [2.24, 2.45) is 0 Å². The largest absolute Gasteiger partial charge is 0.416 e. The summed E-state index contributed by atoms with van der Waals surface area (Å²) in [6.07, 6.45) is -19.5. The Morgan fingerprint density at radius 3 is 1.02 bits per heavy atom. The lowest BCUT2D eigenvalue weighted by Crippen LogP contribution is -2.06. The van der Waals surface area contributed by atoms with Gasteiger partial charge in [0.2, 0.25) is 0 Å². The number of alkyl halides is 12. The molecule has 80 heavy (non-hydrogen) atoms. The summed E-state index contributed by atoms with van der Waals surface area (Å²) in [5.74, 6) is 0.357. The second kappa shape index (κ2) is 18.7. The molecule has 0 aliphatic rings. The molecule has 12 rings (SSSR count). The Balaban J connectivity index is 1.20. The molecule has 3 heterocycles. The molecular formula is C62H32F12N6. The lowest BCUT2D eigenvalue weighted by molar-refractivity contribution is -0.138. The van der Waals surface area contributed by atoms with E-state index in [9.17, 15) is 57.9 Å². The Hall–Kier alpha value is -9.76. The fourth-order valence-corrected chi connectivity index (χ4v) is 10.2. The number of nitrogens with zero attached hydrogens (tertiary/aromatic N) is 6. The Labute approximate surface area is 444 Å². The average molecular weight is 1090 g/mol. The van der Waals surface area contributed by atoms with Gasteiger partial charge in [-0.05, 0) is 126 Å². The summed E-state index contributed by atoms with van der Waals surface area (Å²) in [5, 5.41) is 9.03. The molecule has 3 aromatic heterocycles. The summed E-state index contributed by atoms with van der Waals surface area (Å²) in [5.41, 5.74) is -0.159. The Morgan fingerprint density at radius 2 is 0.650 bits per heavy atom. The summed E-state index contributed by atoms with van der Waals surface area (Å²) >= 11 is 0. The first-order valence-corrected chi connectivity index (χ1v) is 24.2. The molecule has 394 valence electrons. The minimum Gasteiger partial charge on any atom is -0.309 e. The molecule has 0 bridgehead atoms. The van der Waals surface area contributed by atoms with Gasteiger partial charge in [0, 0.05) is 43.8 Å². The van der Waals surface area contributed by atoms with Crippen molar-refractivity contribution in [3.05, 3.63) is 222 Å². The third-order valence-corrected chi connectivity index (χ3v) is 13.9. The van der Waals surface area contributed by atoms with Gasteiger partial charge in [0.1, 0.15) is 0 Å². The molecule has 0 saturated carbocycles. The van der Waals surface area contributed by atoms with Crippen molar-refractivity contribution in [1.29, 1.82) is 5.26 Å². The van der Waals surface area contributed by atoms with Crippen LogP contribution in [0.3, 0.4) is 0 Å². The number of hydrogen-bond donors (Lipinski definition) is 0. The van der Waals surface area contributed by atoms with E-state index in [-0.39, 0.29) is 78.0 Å². The quantitative estimate of drug-likeness (QED) is 0.149. The zero-order chi connectivity index (χ0) is 56.0. The monoisotopic (exact) mass is 1090 g/mol. The van der Waals surface area contributed by atoms with Crippen LogP contribution in [0, 0.1) is 11.3 Å². The van der Waals surface area contributed by atoms with Crippen LogP contribution in [-0.4, -0.2) is 24.1 Å². The predicted octanol–water partition coefficient (Wildman–Crippen LogP) is 18.3. The highest BCUT2D eigenvalue weighted by Crippen LogP contribution is 2.46. The highest BCUT2D eigenvalue weighted by atomic mass is 19.4. The van der Waals surface area contributed by atoms with Gasteiger partial charge in [0.25, 0.3) is 0 Å². The van der Waals surface area contributed by atoms with E-state index in [1.807, 2.05) is 0 Å². The van der Waals surface area contributed by atoms with Gasteiger partial charge in [-0.3, -0.25) is 0 Å². The van der Waals surface area contributed by atoms with Crippen LogP contribution < -0.4 is 0 Å². The molecule has 12 aromatic rings. The zero-order valence-corrected chi connectivity index (χ0v) is 40.7. The summed E-state index contributed by atoms with van der Waals surface area (Å²) < 4.78 is 176. The van der Waals surface area contributed by atoms with Gasteiger partial charge in [-0.1, -0.05) is 84.9 Å². The summed E-state index contributed by atoms with van der Waals surface area (Å²) in [6, 6.07) is 47.4. The lowest BCUT2D eigenvalue weighted by atomic mass is 9.94. The van der Waals surface area contributed by atoms with Crippen molar-refractivity contribution in [3.63, 3.8) is 0 Å². The second-order valence-corrected chi connectivity index (χ2v) is 18.8. The van der Waals surface area contributed by atoms with Crippen LogP contribution >= 0.6 is 0 Å². The third-order valence-electron chi connectivity index (χ3n) is 13.9. The van der Waals surface area contributed by atoms with Gasteiger partial charge < -0.3 is 9.13 Å². The van der Waals surface area contributed by atoms with Gasteiger partial charge in [-0.15, -0.1) is 0 Å². The number of rotatable bonds is 7. The fourth-order valence-electron chi connectivity index (χ4n) is 10.2. The maximum Gasteiger partial charge on any atom is 0.416 e. The minimum atomic E-state index is -4.88. The van der Waals surface area contributed by atoms with E-state index in [0.717, 1.165) is 60.7 Å². The van der Waals surface area contributed by atoms with Crippen LogP contribution in [0.1, 0.15) is 27.8 Å².